The lowest BCUT2D eigenvalue weighted by molar-refractivity contribution is 0.327. The third-order valence-corrected chi connectivity index (χ3v) is 6.79. The summed E-state index contributed by atoms with van der Waals surface area (Å²) in [5, 5.41) is 3.36. The first-order chi connectivity index (χ1) is 10.8. The summed E-state index contributed by atoms with van der Waals surface area (Å²) in [6, 6.07) is 9.80. The highest BCUT2D eigenvalue weighted by molar-refractivity contribution is 7.91. The molecule has 0 saturated carbocycles. The first-order valence-electron chi connectivity index (χ1n) is 7.73. The van der Waals surface area contributed by atoms with E-state index < -0.39 is 19.9 Å². The zero-order chi connectivity index (χ0) is 16.9. The number of sulfone groups is 1. The van der Waals surface area contributed by atoms with Gasteiger partial charge in [0.05, 0.1) is 11.5 Å². The van der Waals surface area contributed by atoms with Gasteiger partial charge in [0.2, 0.25) is 10.0 Å². The maximum absolute atomic E-state index is 12.4. The first-order valence-corrected chi connectivity index (χ1v) is 11.4. The highest BCUT2D eigenvalue weighted by atomic mass is 32.2. The van der Waals surface area contributed by atoms with Crippen molar-refractivity contribution in [3.05, 3.63) is 30.3 Å². The number of nitrogens with zero attached hydrogens (tertiary/aromatic N) is 1. The van der Waals surface area contributed by atoms with Crippen LogP contribution < -0.4 is 5.32 Å². The van der Waals surface area contributed by atoms with Crippen molar-refractivity contribution < 1.29 is 16.8 Å². The van der Waals surface area contributed by atoms with Gasteiger partial charge in [0, 0.05) is 31.1 Å². The molecule has 1 fully saturated rings. The van der Waals surface area contributed by atoms with Crippen molar-refractivity contribution in [2.75, 3.05) is 36.2 Å². The minimum atomic E-state index is -3.40. The van der Waals surface area contributed by atoms with Gasteiger partial charge in [-0.3, -0.25) is 0 Å². The lowest BCUT2D eigenvalue weighted by Crippen LogP contribution is -2.46. The molecule has 0 amide bonds. The molecule has 0 bridgehead atoms. The van der Waals surface area contributed by atoms with E-state index in [1.54, 1.807) is 0 Å². The van der Waals surface area contributed by atoms with Crippen molar-refractivity contribution >= 4 is 25.5 Å². The fourth-order valence-corrected chi connectivity index (χ4v) is 5.15. The van der Waals surface area contributed by atoms with Gasteiger partial charge in [-0.05, 0) is 31.4 Å². The summed E-state index contributed by atoms with van der Waals surface area (Å²) in [7, 11) is -6.53. The molecule has 1 atom stereocenters. The minimum absolute atomic E-state index is 0.0795. The number of anilines is 1. The molecule has 1 aliphatic heterocycles. The van der Waals surface area contributed by atoms with Crippen LogP contribution in [0.15, 0.2) is 30.3 Å². The van der Waals surface area contributed by atoms with Crippen LogP contribution in [0.2, 0.25) is 0 Å². The molecule has 0 unspecified atom stereocenters. The molecule has 1 saturated heterocycles. The fraction of sp³-hybridized carbons (Fsp3) is 0.600. The monoisotopic (exact) mass is 360 g/mol. The lowest BCUT2D eigenvalue weighted by Gasteiger charge is -2.33. The van der Waals surface area contributed by atoms with E-state index in [2.05, 4.69) is 5.32 Å². The average Bonchev–Trinajstić information content (AvgIpc) is 2.47. The van der Waals surface area contributed by atoms with Gasteiger partial charge in [-0.1, -0.05) is 18.2 Å². The van der Waals surface area contributed by atoms with Crippen LogP contribution in [0.1, 0.15) is 19.3 Å². The molecule has 0 aliphatic carbocycles. The highest BCUT2D eigenvalue weighted by Gasteiger charge is 2.28. The van der Waals surface area contributed by atoms with Gasteiger partial charge < -0.3 is 5.32 Å². The van der Waals surface area contributed by atoms with Crippen LogP contribution >= 0.6 is 0 Å². The largest absolute Gasteiger partial charge is 0.381 e. The van der Waals surface area contributed by atoms with Crippen molar-refractivity contribution in [2.24, 2.45) is 0 Å². The van der Waals surface area contributed by atoms with Crippen molar-refractivity contribution in [1.82, 2.24) is 4.31 Å². The number of hydrogen-bond acceptors (Lipinski definition) is 5. The summed E-state index contributed by atoms with van der Waals surface area (Å²) < 4.78 is 48.5. The minimum Gasteiger partial charge on any atom is -0.381 e. The Balaban J connectivity index is 1.91. The Morgan fingerprint density at radius 3 is 2.48 bits per heavy atom. The number of para-hydroxylation sites is 1. The Morgan fingerprint density at radius 1 is 1.13 bits per heavy atom. The standard InChI is InChI=1S/C15H24N2O4S2/c1-22(18,19)11-6-12-23(20,21)17-10-5-9-15(13-17)16-14-7-3-2-4-8-14/h2-4,7-8,15-16H,5-6,9-13H2,1H3/t15-/m1/s1. The molecule has 1 heterocycles. The Bertz CT molecular complexity index is 702. The second-order valence-corrected chi connectivity index (χ2v) is 10.4. The number of hydrogen-bond donors (Lipinski definition) is 1. The van der Waals surface area contributed by atoms with E-state index in [1.807, 2.05) is 30.3 Å². The third-order valence-electron chi connectivity index (χ3n) is 3.84. The molecule has 130 valence electrons. The average molecular weight is 361 g/mol. The SMILES string of the molecule is CS(=O)(=O)CCCS(=O)(=O)N1CCC[C@@H](Nc2ccccc2)C1. The van der Waals surface area contributed by atoms with E-state index in [-0.39, 0.29) is 24.0 Å². The Hall–Kier alpha value is -1.12. The van der Waals surface area contributed by atoms with E-state index in [9.17, 15) is 16.8 Å². The van der Waals surface area contributed by atoms with Crippen LogP contribution in [0.4, 0.5) is 5.69 Å². The van der Waals surface area contributed by atoms with Crippen LogP contribution in [-0.2, 0) is 19.9 Å². The van der Waals surface area contributed by atoms with Crippen molar-refractivity contribution in [1.29, 1.82) is 0 Å². The van der Waals surface area contributed by atoms with Crippen LogP contribution in [0.3, 0.4) is 0 Å². The van der Waals surface area contributed by atoms with Gasteiger partial charge in [-0.25, -0.2) is 16.8 Å². The number of nitrogens with one attached hydrogen (secondary N) is 1. The lowest BCUT2D eigenvalue weighted by atomic mass is 10.1. The maximum atomic E-state index is 12.4. The van der Waals surface area contributed by atoms with Crippen LogP contribution in [0.5, 0.6) is 0 Å². The van der Waals surface area contributed by atoms with Gasteiger partial charge in [-0.15, -0.1) is 0 Å². The second-order valence-electron chi connectivity index (χ2n) is 6.01. The molecule has 23 heavy (non-hydrogen) atoms. The number of rotatable bonds is 7. The summed E-state index contributed by atoms with van der Waals surface area (Å²) in [6.45, 7) is 0.935. The molecule has 0 spiro atoms. The molecular weight excluding hydrogens is 336 g/mol. The third kappa shape index (κ3) is 6.12. The summed E-state index contributed by atoms with van der Waals surface area (Å²) >= 11 is 0. The molecular formula is C15H24N2O4S2. The predicted octanol–water partition coefficient (Wildman–Crippen LogP) is 1.33. The smallest absolute Gasteiger partial charge is 0.214 e. The van der Waals surface area contributed by atoms with E-state index in [4.69, 9.17) is 0 Å². The van der Waals surface area contributed by atoms with Crippen LogP contribution in [0, 0.1) is 0 Å². The van der Waals surface area contributed by atoms with E-state index in [1.165, 1.54) is 4.31 Å². The predicted molar refractivity (Wildman–Crippen MR) is 92.8 cm³/mol. The molecule has 8 heteroatoms. The number of piperidine rings is 1. The van der Waals surface area contributed by atoms with Crippen molar-refractivity contribution in [3.8, 4) is 0 Å². The van der Waals surface area contributed by atoms with Gasteiger partial charge in [-0.2, -0.15) is 4.31 Å². The Labute approximate surface area is 138 Å². The Morgan fingerprint density at radius 2 is 1.83 bits per heavy atom. The van der Waals surface area contributed by atoms with Crippen molar-refractivity contribution in [2.45, 2.75) is 25.3 Å². The van der Waals surface area contributed by atoms with Gasteiger partial charge in [0.25, 0.3) is 0 Å². The summed E-state index contributed by atoms with van der Waals surface area (Å²) in [5.74, 6) is -0.204. The molecule has 1 aromatic carbocycles. The molecule has 1 aliphatic rings. The first kappa shape index (κ1) is 18.2. The number of sulfonamides is 1. The van der Waals surface area contributed by atoms with Gasteiger partial charge in [0.1, 0.15) is 9.84 Å². The van der Waals surface area contributed by atoms with Crippen LogP contribution in [-0.4, -0.2) is 58.0 Å². The summed E-state index contributed by atoms with van der Waals surface area (Å²) in [5.41, 5.74) is 0.980. The zero-order valence-corrected chi connectivity index (χ0v) is 14.9. The van der Waals surface area contributed by atoms with E-state index in [0.29, 0.717) is 13.1 Å². The van der Waals surface area contributed by atoms with E-state index in [0.717, 1.165) is 24.8 Å². The molecule has 1 aromatic rings. The van der Waals surface area contributed by atoms with Gasteiger partial charge in [0.15, 0.2) is 0 Å². The topological polar surface area (TPSA) is 83.5 Å². The molecule has 6 nitrogen and oxygen atoms in total. The van der Waals surface area contributed by atoms with E-state index >= 15 is 0 Å². The highest BCUT2D eigenvalue weighted by Crippen LogP contribution is 2.19. The molecule has 1 N–H and O–H groups in total. The Kier molecular flexibility index (Phi) is 6.05. The van der Waals surface area contributed by atoms with Gasteiger partial charge >= 0.3 is 0 Å². The summed E-state index contributed by atoms with van der Waals surface area (Å²) in [4.78, 5) is 0. The van der Waals surface area contributed by atoms with Crippen LogP contribution in [0.25, 0.3) is 0 Å². The zero-order valence-electron chi connectivity index (χ0n) is 13.3. The number of benzene rings is 1. The van der Waals surface area contributed by atoms with Crippen molar-refractivity contribution in [3.63, 3.8) is 0 Å². The molecule has 2 rings (SSSR count). The fourth-order valence-electron chi connectivity index (χ4n) is 2.72. The molecule has 0 radical (unpaired) electrons. The normalized spacial score (nSPS) is 20.3. The quantitative estimate of drug-likeness (QED) is 0.793. The molecule has 0 aromatic heterocycles. The maximum Gasteiger partial charge on any atom is 0.214 e. The second kappa shape index (κ2) is 7.63. The summed E-state index contributed by atoms with van der Waals surface area (Å²) in [6.07, 6.45) is 2.99.